The number of aryl methyl sites for hydroxylation is 3. The number of nitrogens with zero attached hydrogens (tertiary/aromatic N) is 3. The van der Waals surface area contributed by atoms with Crippen LogP contribution in [-0.2, 0) is 12.8 Å². The number of ether oxygens (including phenoxy) is 2. The Morgan fingerprint density at radius 2 is 1.76 bits per heavy atom. The number of aliphatic hydroxyl groups excluding tert-OH is 1. The zero-order chi connectivity index (χ0) is 28.9. The Hall–Kier alpha value is -3.85. The molecule has 1 saturated heterocycles. The maximum absolute atomic E-state index is 10.9. The molecule has 0 saturated carbocycles. The Kier molecular flexibility index (Phi) is 8.74. The van der Waals surface area contributed by atoms with Crippen molar-refractivity contribution in [3.8, 4) is 11.5 Å². The van der Waals surface area contributed by atoms with Crippen LogP contribution in [0.5, 0.6) is 11.5 Å². The Labute approximate surface area is 252 Å². The van der Waals surface area contributed by atoms with E-state index in [1.54, 1.807) is 18.4 Å². The van der Waals surface area contributed by atoms with Crippen LogP contribution in [-0.4, -0.2) is 73.3 Å². The van der Waals surface area contributed by atoms with Crippen LogP contribution in [0, 0.1) is 6.92 Å². The van der Waals surface area contributed by atoms with Crippen LogP contribution >= 0.6 is 11.3 Å². The lowest BCUT2D eigenvalue weighted by molar-refractivity contribution is 0.0554. The van der Waals surface area contributed by atoms with Crippen molar-refractivity contribution in [2.24, 2.45) is 4.99 Å². The maximum Gasteiger partial charge on any atom is 0.139 e. The van der Waals surface area contributed by atoms with Gasteiger partial charge in [-0.2, -0.15) is 0 Å². The van der Waals surface area contributed by atoms with E-state index in [1.807, 2.05) is 42.5 Å². The van der Waals surface area contributed by atoms with Crippen LogP contribution in [0.2, 0.25) is 0 Å². The summed E-state index contributed by atoms with van der Waals surface area (Å²) in [4.78, 5) is 11.1. The zero-order valence-electron chi connectivity index (χ0n) is 24.3. The summed E-state index contributed by atoms with van der Waals surface area (Å²) in [5.41, 5.74) is 5.54. The van der Waals surface area contributed by atoms with Crippen LogP contribution in [0.1, 0.15) is 21.6 Å². The van der Waals surface area contributed by atoms with Gasteiger partial charge in [0, 0.05) is 37.6 Å². The lowest BCUT2D eigenvalue weighted by Gasteiger charge is -2.37. The summed E-state index contributed by atoms with van der Waals surface area (Å²) in [5.74, 6) is 2.74. The quantitative estimate of drug-likeness (QED) is 0.251. The van der Waals surface area contributed by atoms with Gasteiger partial charge in [-0.05, 0) is 67.3 Å². The van der Waals surface area contributed by atoms with Crippen molar-refractivity contribution >= 4 is 33.5 Å². The minimum Gasteiger partial charge on any atom is -0.497 e. The SMILES string of the molecule is COc1cccc(CCc2ccccc2OCC(O)CN2CCN(C3=Nc4ccccc4Nc4sc(C)cc43)CC2)c1. The van der Waals surface area contributed by atoms with Crippen molar-refractivity contribution in [2.75, 3.05) is 51.8 Å². The number of rotatable bonds is 9. The number of hydrogen-bond acceptors (Lipinski definition) is 8. The molecule has 3 heterocycles. The molecule has 2 aliphatic heterocycles. The van der Waals surface area contributed by atoms with Crippen LogP contribution in [0.25, 0.3) is 0 Å². The van der Waals surface area contributed by atoms with Gasteiger partial charge in [0.1, 0.15) is 35.0 Å². The van der Waals surface area contributed by atoms with Crippen molar-refractivity contribution in [1.82, 2.24) is 9.80 Å². The topological polar surface area (TPSA) is 69.6 Å². The average Bonchev–Trinajstić information content (AvgIpc) is 3.31. The maximum atomic E-state index is 10.9. The molecule has 0 amide bonds. The first-order chi connectivity index (χ1) is 20.6. The van der Waals surface area contributed by atoms with Gasteiger partial charge in [-0.1, -0.05) is 42.5 Å². The van der Waals surface area contributed by atoms with Crippen LogP contribution in [0.3, 0.4) is 0 Å². The Balaban J connectivity index is 1.03. The van der Waals surface area contributed by atoms with E-state index in [4.69, 9.17) is 14.5 Å². The number of piperazine rings is 1. The summed E-state index contributed by atoms with van der Waals surface area (Å²) < 4.78 is 11.5. The highest BCUT2D eigenvalue weighted by Crippen LogP contribution is 2.39. The summed E-state index contributed by atoms with van der Waals surface area (Å²) in [6, 6.07) is 26.8. The van der Waals surface area contributed by atoms with Crippen molar-refractivity contribution in [2.45, 2.75) is 25.9 Å². The number of fused-ring (bicyclic) bond motifs is 2. The van der Waals surface area contributed by atoms with E-state index >= 15 is 0 Å². The van der Waals surface area contributed by atoms with Crippen LogP contribution in [0.15, 0.2) is 83.9 Å². The van der Waals surface area contributed by atoms with E-state index in [2.05, 4.69) is 58.4 Å². The fourth-order valence-electron chi connectivity index (χ4n) is 5.62. The molecule has 3 aromatic carbocycles. The molecular weight excluding hydrogens is 544 g/mol. The predicted molar refractivity (Wildman–Crippen MR) is 171 cm³/mol. The smallest absolute Gasteiger partial charge is 0.139 e. The number of β-amino-alcohol motifs (C(OH)–C–C–N with tert-alkyl or cyclic N) is 1. The van der Waals surface area contributed by atoms with Crippen molar-refractivity contribution in [1.29, 1.82) is 0 Å². The van der Waals surface area contributed by atoms with Gasteiger partial charge in [-0.3, -0.25) is 4.90 Å². The first-order valence-electron chi connectivity index (χ1n) is 14.6. The van der Waals surface area contributed by atoms with Crippen LogP contribution < -0.4 is 14.8 Å². The van der Waals surface area contributed by atoms with Gasteiger partial charge < -0.3 is 24.8 Å². The Bertz CT molecular complexity index is 1540. The number of thiophene rings is 1. The standard InChI is InChI=1S/C34H38N4O3S/c1-24-20-29-33(35-30-11-4-5-12-31(30)36-34(29)42-24)38-18-16-37(17-19-38)22-27(39)23-41-32-13-6-3-9-26(32)15-14-25-8-7-10-28(21-25)40-2/h3-13,20-21,27,36,39H,14-19,22-23H2,1-2H3. The van der Waals surface area contributed by atoms with Gasteiger partial charge in [-0.25, -0.2) is 4.99 Å². The van der Waals surface area contributed by atoms with E-state index in [9.17, 15) is 5.11 Å². The summed E-state index contributed by atoms with van der Waals surface area (Å²) in [5, 5.41) is 15.6. The van der Waals surface area contributed by atoms with Gasteiger partial charge in [0.15, 0.2) is 0 Å². The molecule has 0 bridgehead atoms. The highest BCUT2D eigenvalue weighted by atomic mass is 32.1. The molecule has 7 nitrogen and oxygen atoms in total. The number of anilines is 2. The largest absolute Gasteiger partial charge is 0.497 e. The molecule has 4 aromatic rings. The molecule has 2 N–H and O–H groups in total. The van der Waals surface area contributed by atoms with Crippen molar-refractivity contribution < 1.29 is 14.6 Å². The number of methoxy groups -OCH3 is 1. The van der Waals surface area contributed by atoms with Crippen molar-refractivity contribution in [3.63, 3.8) is 0 Å². The second kappa shape index (κ2) is 13.0. The van der Waals surface area contributed by atoms with Gasteiger partial charge in [0.2, 0.25) is 0 Å². The lowest BCUT2D eigenvalue weighted by atomic mass is 10.0. The second-order valence-corrected chi connectivity index (χ2v) is 12.1. The number of aliphatic hydroxyl groups is 1. The summed E-state index contributed by atoms with van der Waals surface area (Å²) in [6.45, 7) is 6.43. The summed E-state index contributed by atoms with van der Waals surface area (Å²) >= 11 is 1.77. The molecule has 42 heavy (non-hydrogen) atoms. The number of aliphatic imine (C=N–C) groups is 1. The Morgan fingerprint density at radius 1 is 0.952 bits per heavy atom. The van der Waals surface area contributed by atoms with Crippen LogP contribution in [0.4, 0.5) is 16.4 Å². The predicted octanol–water partition coefficient (Wildman–Crippen LogP) is 6.04. The minimum atomic E-state index is -0.569. The number of nitrogens with one attached hydrogen (secondary N) is 1. The van der Waals surface area contributed by atoms with Gasteiger partial charge in [0.25, 0.3) is 0 Å². The van der Waals surface area contributed by atoms with Gasteiger partial charge in [-0.15, -0.1) is 11.3 Å². The zero-order valence-corrected chi connectivity index (χ0v) is 25.1. The van der Waals surface area contributed by atoms with E-state index in [0.29, 0.717) is 6.54 Å². The molecule has 1 atom stereocenters. The van der Waals surface area contributed by atoms with Crippen molar-refractivity contribution in [3.05, 3.63) is 100 Å². The highest BCUT2D eigenvalue weighted by molar-refractivity contribution is 7.16. The van der Waals surface area contributed by atoms with E-state index in [-0.39, 0.29) is 6.61 Å². The molecule has 2 aliphatic rings. The fraction of sp³-hybridized carbons (Fsp3) is 0.324. The summed E-state index contributed by atoms with van der Waals surface area (Å²) in [6.07, 6.45) is 1.18. The van der Waals surface area contributed by atoms with Gasteiger partial charge in [0.05, 0.1) is 24.0 Å². The molecule has 6 rings (SSSR count). The normalized spacial score (nSPS) is 15.6. The van der Waals surface area contributed by atoms with E-state index in [1.165, 1.54) is 16.0 Å². The Morgan fingerprint density at radius 3 is 2.62 bits per heavy atom. The number of para-hydroxylation sites is 3. The molecular formula is C34H38N4O3S. The molecule has 0 radical (unpaired) electrons. The number of hydrogen-bond donors (Lipinski definition) is 2. The third kappa shape index (κ3) is 6.62. The van der Waals surface area contributed by atoms with Gasteiger partial charge >= 0.3 is 0 Å². The molecule has 1 fully saturated rings. The first kappa shape index (κ1) is 28.3. The molecule has 1 unspecified atom stereocenters. The monoisotopic (exact) mass is 582 g/mol. The lowest BCUT2D eigenvalue weighted by Crippen LogP contribution is -2.51. The number of benzene rings is 3. The third-order valence-electron chi connectivity index (χ3n) is 7.84. The van der Waals surface area contributed by atoms with E-state index < -0.39 is 6.10 Å². The molecule has 0 spiro atoms. The molecule has 1 aromatic heterocycles. The molecule has 8 heteroatoms. The highest BCUT2D eigenvalue weighted by Gasteiger charge is 2.27. The fourth-order valence-corrected chi connectivity index (χ4v) is 6.54. The summed E-state index contributed by atoms with van der Waals surface area (Å²) in [7, 11) is 1.69. The average molecular weight is 583 g/mol. The molecule has 218 valence electrons. The second-order valence-electron chi connectivity index (χ2n) is 10.9. The third-order valence-corrected chi connectivity index (χ3v) is 8.80. The first-order valence-corrected chi connectivity index (χ1v) is 15.4. The minimum absolute atomic E-state index is 0.267. The molecule has 0 aliphatic carbocycles. The number of amidine groups is 1. The van der Waals surface area contributed by atoms with E-state index in [0.717, 1.165) is 78.3 Å².